The molecule has 2 aliphatic heterocycles. The van der Waals surface area contributed by atoms with Crippen LogP contribution in [0.2, 0.25) is 0 Å². The van der Waals surface area contributed by atoms with Crippen molar-refractivity contribution in [2.45, 2.75) is 19.8 Å². The van der Waals surface area contributed by atoms with E-state index >= 15 is 0 Å². The van der Waals surface area contributed by atoms with E-state index in [1.165, 1.54) is 4.90 Å². The Balaban J connectivity index is 1.46. The molecular weight excluding hydrogens is 346 g/mol. The molecule has 0 aromatic heterocycles. The van der Waals surface area contributed by atoms with Crippen molar-refractivity contribution in [3.63, 3.8) is 0 Å². The number of phenolic OH excluding ortho intramolecular Hbond substituents is 1. The molecule has 2 fully saturated rings. The number of esters is 1. The third kappa shape index (κ3) is 5.13. The summed E-state index contributed by atoms with van der Waals surface area (Å²) in [6.45, 7) is 7.31. The number of nitrogens with one attached hydrogen (secondary N) is 1. The van der Waals surface area contributed by atoms with Crippen molar-refractivity contribution in [1.82, 2.24) is 4.90 Å². The molecule has 0 aliphatic carbocycles. The lowest BCUT2D eigenvalue weighted by molar-refractivity contribution is -0.899. The molecule has 2 heterocycles. The maximum absolute atomic E-state index is 12.7. The molecule has 1 aromatic carbocycles. The zero-order valence-electron chi connectivity index (χ0n) is 16.0. The van der Waals surface area contributed by atoms with Gasteiger partial charge >= 0.3 is 5.97 Å². The maximum atomic E-state index is 12.7. The molecule has 1 unspecified atom stereocenters. The van der Waals surface area contributed by atoms with E-state index in [4.69, 9.17) is 4.74 Å². The second-order valence-corrected chi connectivity index (χ2v) is 7.36. The number of carbonyl (C=O) groups excluding carboxylic acids is 2. The van der Waals surface area contributed by atoms with E-state index in [1.807, 2.05) is 24.0 Å². The summed E-state index contributed by atoms with van der Waals surface area (Å²) in [6, 6.07) is 7.18. The van der Waals surface area contributed by atoms with Gasteiger partial charge in [0.05, 0.1) is 19.7 Å². The van der Waals surface area contributed by atoms with Crippen LogP contribution in [0.3, 0.4) is 0 Å². The van der Waals surface area contributed by atoms with E-state index in [0.29, 0.717) is 32.8 Å². The number of ether oxygens (including phenoxy) is 1. The van der Waals surface area contributed by atoms with Crippen LogP contribution in [-0.4, -0.2) is 74.3 Å². The zero-order valence-corrected chi connectivity index (χ0v) is 16.0. The second kappa shape index (κ2) is 9.08. The molecule has 0 saturated carbocycles. The first-order chi connectivity index (χ1) is 13.1. The minimum absolute atomic E-state index is 0.0761. The third-order valence-electron chi connectivity index (χ3n) is 5.49. The van der Waals surface area contributed by atoms with Crippen molar-refractivity contribution in [3.8, 4) is 5.75 Å². The molecule has 2 saturated heterocycles. The molecule has 0 radical (unpaired) electrons. The molecule has 2 atom stereocenters. The highest BCUT2D eigenvalue weighted by atomic mass is 16.5. The molecule has 1 aromatic rings. The average molecular weight is 376 g/mol. The second-order valence-electron chi connectivity index (χ2n) is 7.36. The number of phenols is 1. The minimum atomic E-state index is -0.121. The van der Waals surface area contributed by atoms with Gasteiger partial charge < -0.3 is 24.5 Å². The molecule has 0 bridgehead atoms. The molecule has 0 spiro atoms. The minimum Gasteiger partial charge on any atom is -0.508 e. The number of benzene rings is 1. The summed E-state index contributed by atoms with van der Waals surface area (Å²) < 4.78 is 5.14. The number of aromatic hydroxyl groups is 1. The van der Waals surface area contributed by atoms with Crippen LogP contribution >= 0.6 is 0 Å². The first kappa shape index (κ1) is 19.5. The van der Waals surface area contributed by atoms with E-state index < -0.39 is 0 Å². The quantitative estimate of drug-likeness (QED) is 0.702. The largest absolute Gasteiger partial charge is 0.508 e. The van der Waals surface area contributed by atoms with Gasteiger partial charge in [-0.3, -0.25) is 9.59 Å². The summed E-state index contributed by atoms with van der Waals surface area (Å²) >= 11 is 0. The highest BCUT2D eigenvalue weighted by Crippen LogP contribution is 2.19. The van der Waals surface area contributed by atoms with Crippen LogP contribution in [-0.2, 0) is 14.3 Å². The fraction of sp³-hybridized carbons (Fsp3) is 0.600. The third-order valence-corrected chi connectivity index (χ3v) is 5.49. The lowest BCUT2D eigenvalue weighted by Crippen LogP contribution is -3.14. The number of rotatable bonds is 5. The first-order valence-electron chi connectivity index (χ1n) is 9.88. The first-order valence-corrected chi connectivity index (χ1v) is 9.88. The SMILES string of the molecule is CCOC(=O)[C@@H]1CCC[NH+](CC(=O)N2CCN(c3ccc(O)cc3)CC2)C1. The van der Waals surface area contributed by atoms with Crippen LogP contribution in [0.5, 0.6) is 5.75 Å². The number of likely N-dealkylation sites (tertiary alicyclic amines) is 1. The Morgan fingerprint density at radius 1 is 1.19 bits per heavy atom. The molecule has 7 heteroatoms. The lowest BCUT2D eigenvalue weighted by atomic mass is 9.98. The summed E-state index contributed by atoms with van der Waals surface area (Å²) in [5.74, 6) is 0.232. The van der Waals surface area contributed by atoms with Crippen LogP contribution < -0.4 is 9.80 Å². The Labute approximate surface area is 160 Å². The molecule has 2 N–H and O–H groups in total. The molecule has 2 aliphatic rings. The predicted octanol–water partition coefficient (Wildman–Crippen LogP) is -0.101. The summed E-state index contributed by atoms with van der Waals surface area (Å²) in [4.78, 5) is 30.0. The van der Waals surface area contributed by atoms with Crippen LogP contribution in [0, 0.1) is 5.92 Å². The maximum Gasteiger partial charge on any atom is 0.314 e. The van der Waals surface area contributed by atoms with E-state index in [0.717, 1.165) is 38.2 Å². The van der Waals surface area contributed by atoms with Crippen molar-refractivity contribution in [2.24, 2.45) is 5.92 Å². The van der Waals surface area contributed by atoms with Crippen LogP contribution in [0.25, 0.3) is 0 Å². The fourth-order valence-electron chi connectivity index (χ4n) is 3.98. The molecule has 3 rings (SSSR count). The number of hydrogen-bond donors (Lipinski definition) is 2. The van der Waals surface area contributed by atoms with Crippen molar-refractivity contribution < 1.29 is 24.3 Å². The van der Waals surface area contributed by atoms with Gasteiger partial charge in [0.1, 0.15) is 11.7 Å². The monoisotopic (exact) mass is 376 g/mol. The van der Waals surface area contributed by atoms with Gasteiger partial charge in [0, 0.05) is 31.9 Å². The number of amides is 1. The molecule has 7 nitrogen and oxygen atoms in total. The van der Waals surface area contributed by atoms with Crippen molar-refractivity contribution >= 4 is 17.6 Å². The summed E-state index contributed by atoms with van der Waals surface area (Å²) in [5, 5.41) is 9.41. The Morgan fingerprint density at radius 2 is 1.89 bits per heavy atom. The highest BCUT2D eigenvalue weighted by molar-refractivity contribution is 5.77. The highest BCUT2D eigenvalue weighted by Gasteiger charge is 2.32. The molecule has 1 amide bonds. The Kier molecular flexibility index (Phi) is 6.55. The van der Waals surface area contributed by atoms with E-state index in [1.54, 1.807) is 12.1 Å². The Bertz CT molecular complexity index is 641. The van der Waals surface area contributed by atoms with Gasteiger partial charge in [-0.25, -0.2) is 0 Å². The average Bonchev–Trinajstić information content (AvgIpc) is 2.69. The van der Waals surface area contributed by atoms with Gasteiger partial charge in [-0.2, -0.15) is 0 Å². The molecular formula is C20H30N3O4+. The van der Waals surface area contributed by atoms with Crippen molar-refractivity contribution in [2.75, 3.05) is 57.3 Å². The number of quaternary nitrogens is 1. The van der Waals surface area contributed by atoms with E-state index in [-0.39, 0.29) is 23.5 Å². The summed E-state index contributed by atoms with van der Waals surface area (Å²) in [5.41, 5.74) is 1.07. The number of anilines is 1. The molecule has 27 heavy (non-hydrogen) atoms. The number of carbonyl (C=O) groups is 2. The van der Waals surface area contributed by atoms with Crippen LogP contribution in [0.4, 0.5) is 5.69 Å². The van der Waals surface area contributed by atoms with Crippen molar-refractivity contribution in [3.05, 3.63) is 24.3 Å². The number of hydrogen-bond acceptors (Lipinski definition) is 5. The van der Waals surface area contributed by atoms with Crippen molar-refractivity contribution in [1.29, 1.82) is 0 Å². The summed E-state index contributed by atoms with van der Waals surface area (Å²) in [7, 11) is 0. The Hall–Kier alpha value is -2.28. The standard InChI is InChI=1S/C20H29N3O4/c1-2-27-20(26)16-4-3-9-21(14-16)15-19(25)23-12-10-22(11-13-23)17-5-7-18(24)8-6-17/h5-8,16,24H,2-4,9-15H2,1H3/p+1/t16-/m1/s1. The van der Waals surface area contributed by atoms with Crippen LogP contribution in [0.1, 0.15) is 19.8 Å². The van der Waals surface area contributed by atoms with Gasteiger partial charge in [0.25, 0.3) is 5.91 Å². The van der Waals surface area contributed by atoms with E-state index in [9.17, 15) is 14.7 Å². The topological polar surface area (TPSA) is 74.5 Å². The van der Waals surface area contributed by atoms with Gasteiger partial charge in [-0.15, -0.1) is 0 Å². The number of piperazine rings is 1. The predicted molar refractivity (Wildman–Crippen MR) is 102 cm³/mol. The number of piperidine rings is 1. The normalized spacial score (nSPS) is 23.1. The summed E-state index contributed by atoms with van der Waals surface area (Å²) in [6.07, 6.45) is 1.82. The zero-order chi connectivity index (χ0) is 19.2. The number of nitrogens with zero attached hydrogens (tertiary/aromatic N) is 2. The van der Waals surface area contributed by atoms with Gasteiger partial charge in [-0.05, 0) is 44.0 Å². The van der Waals surface area contributed by atoms with Gasteiger partial charge in [0.2, 0.25) is 0 Å². The lowest BCUT2D eigenvalue weighted by Gasteiger charge is -2.37. The van der Waals surface area contributed by atoms with Gasteiger partial charge in [0.15, 0.2) is 6.54 Å². The fourth-order valence-corrected chi connectivity index (χ4v) is 3.98. The molecule has 148 valence electrons. The van der Waals surface area contributed by atoms with Crippen LogP contribution in [0.15, 0.2) is 24.3 Å². The Morgan fingerprint density at radius 3 is 2.56 bits per heavy atom. The van der Waals surface area contributed by atoms with Gasteiger partial charge in [-0.1, -0.05) is 0 Å². The van der Waals surface area contributed by atoms with E-state index in [2.05, 4.69) is 4.90 Å². The smallest absolute Gasteiger partial charge is 0.314 e.